The summed E-state index contributed by atoms with van der Waals surface area (Å²) in [5.74, 6) is 0.269. The third-order valence-electron chi connectivity index (χ3n) is 9.66. The normalized spacial score (nSPS) is 15.6. The molecule has 1 heterocycles. The Labute approximate surface area is 300 Å². The molecule has 50 heavy (non-hydrogen) atoms. The van der Waals surface area contributed by atoms with Gasteiger partial charge >= 0.3 is 0 Å². The SMILES string of the molecule is C/C=C\c1ccc(-c2ccc(N3CCCc4ccccc43)cc2)c2c1C1CC(N(c3ccccc3)c3ccccc3)=CC=C1C=C2.CC.CC. The molecule has 2 heteroatoms. The summed E-state index contributed by atoms with van der Waals surface area (Å²) in [5, 5.41) is 0. The fourth-order valence-corrected chi connectivity index (χ4v) is 7.55. The maximum Gasteiger partial charge on any atom is 0.0458 e. The Morgan fingerprint density at radius 2 is 1.34 bits per heavy atom. The maximum absolute atomic E-state index is 2.48. The van der Waals surface area contributed by atoms with E-state index in [0.29, 0.717) is 0 Å². The molecule has 0 radical (unpaired) electrons. The molecule has 5 aromatic rings. The average molecular weight is 655 g/mol. The second-order valence-corrected chi connectivity index (χ2v) is 12.4. The molecule has 2 aliphatic carbocycles. The lowest BCUT2D eigenvalue weighted by Gasteiger charge is -2.36. The van der Waals surface area contributed by atoms with Gasteiger partial charge in [0, 0.05) is 40.9 Å². The van der Waals surface area contributed by atoms with E-state index in [4.69, 9.17) is 0 Å². The van der Waals surface area contributed by atoms with Crippen molar-refractivity contribution in [2.24, 2.45) is 0 Å². The van der Waals surface area contributed by atoms with E-state index in [2.05, 4.69) is 175 Å². The minimum absolute atomic E-state index is 0.269. The minimum Gasteiger partial charge on any atom is -0.341 e. The van der Waals surface area contributed by atoms with Gasteiger partial charge in [0.15, 0.2) is 0 Å². The molecule has 0 fully saturated rings. The smallest absolute Gasteiger partial charge is 0.0458 e. The molecular formula is C48H50N2. The van der Waals surface area contributed by atoms with Crippen molar-refractivity contribution in [3.8, 4) is 11.1 Å². The zero-order chi connectivity index (χ0) is 34.9. The van der Waals surface area contributed by atoms with E-state index in [1.807, 2.05) is 27.7 Å². The van der Waals surface area contributed by atoms with Crippen molar-refractivity contribution in [1.29, 1.82) is 0 Å². The van der Waals surface area contributed by atoms with Crippen LogP contribution in [0.25, 0.3) is 23.3 Å². The maximum atomic E-state index is 2.48. The summed E-state index contributed by atoms with van der Waals surface area (Å²) in [6.07, 6.45) is 17.1. The molecule has 0 amide bonds. The summed E-state index contributed by atoms with van der Waals surface area (Å²) in [7, 11) is 0. The van der Waals surface area contributed by atoms with Gasteiger partial charge in [-0.1, -0.05) is 137 Å². The number of fused-ring (bicyclic) bond motifs is 4. The molecule has 0 saturated carbocycles. The van der Waals surface area contributed by atoms with Gasteiger partial charge in [-0.05, 0) is 114 Å². The molecule has 252 valence electrons. The first kappa shape index (κ1) is 34.5. The van der Waals surface area contributed by atoms with E-state index in [1.165, 1.54) is 73.8 Å². The van der Waals surface area contributed by atoms with Crippen LogP contribution in [-0.2, 0) is 6.42 Å². The highest BCUT2D eigenvalue weighted by Crippen LogP contribution is 2.48. The molecule has 0 spiro atoms. The lowest BCUT2D eigenvalue weighted by atomic mass is 9.74. The summed E-state index contributed by atoms with van der Waals surface area (Å²) in [6, 6.07) is 44.2. The molecule has 2 nitrogen and oxygen atoms in total. The lowest BCUT2D eigenvalue weighted by Crippen LogP contribution is -2.24. The summed E-state index contributed by atoms with van der Waals surface area (Å²) >= 11 is 0. The van der Waals surface area contributed by atoms with Crippen molar-refractivity contribution in [1.82, 2.24) is 0 Å². The summed E-state index contributed by atoms with van der Waals surface area (Å²) in [4.78, 5) is 4.90. The Balaban J connectivity index is 0.00000104. The number of rotatable bonds is 6. The predicted octanol–water partition coefficient (Wildman–Crippen LogP) is 13.7. The minimum atomic E-state index is 0.269. The molecular weight excluding hydrogens is 605 g/mol. The fourth-order valence-electron chi connectivity index (χ4n) is 7.55. The Kier molecular flexibility index (Phi) is 11.3. The van der Waals surface area contributed by atoms with Crippen molar-refractivity contribution in [2.75, 3.05) is 16.3 Å². The van der Waals surface area contributed by atoms with Crippen molar-refractivity contribution in [2.45, 2.75) is 59.8 Å². The van der Waals surface area contributed by atoms with Gasteiger partial charge in [0.05, 0.1) is 0 Å². The van der Waals surface area contributed by atoms with Crippen LogP contribution in [0.15, 0.2) is 157 Å². The number of benzene rings is 5. The quantitative estimate of drug-likeness (QED) is 0.180. The van der Waals surface area contributed by atoms with Gasteiger partial charge in [-0.3, -0.25) is 0 Å². The molecule has 1 aliphatic heterocycles. The Morgan fingerprint density at radius 1 is 0.680 bits per heavy atom. The number of nitrogens with zero attached hydrogens (tertiary/aromatic N) is 2. The van der Waals surface area contributed by atoms with Crippen molar-refractivity contribution in [3.05, 3.63) is 179 Å². The Hall–Kier alpha value is -5.34. The second kappa shape index (κ2) is 16.4. The first-order valence-corrected chi connectivity index (χ1v) is 18.5. The lowest BCUT2D eigenvalue weighted by molar-refractivity contribution is 0.760. The van der Waals surface area contributed by atoms with Gasteiger partial charge in [0.1, 0.15) is 0 Å². The molecule has 8 rings (SSSR count). The molecule has 1 unspecified atom stereocenters. The zero-order valence-electron chi connectivity index (χ0n) is 30.3. The van der Waals surface area contributed by atoms with E-state index < -0.39 is 0 Å². The van der Waals surface area contributed by atoms with E-state index in [1.54, 1.807) is 0 Å². The fraction of sp³-hybridized carbons (Fsp3) is 0.208. The van der Waals surface area contributed by atoms with Gasteiger partial charge < -0.3 is 9.80 Å². The second-order valence-electron chi connectivity index (χ2n) is 12.4. The van der Waals surface area contributed by atoms with E-state index in [-0.39, 0.29) is 5.92 Å². The van der Waals surface area contributed by atoms with Crippen LogP contribution in [0, 0.1) is 0 Å². The summed E-state index contributed by atoms with van der Waals surface area (Å²) in [5.41, 5.74) is 15.7. The topological polar surface area (TPSA) is 6.48 Å². The Bertz CT molecular complexity index is 1960. The predicted molar refractivity (Wildman–Crippen MR) is 219 cm³/mol. The number of hydrogen-bond donors (Lipinski definition) is 0. The summed E-state index contributed by atoms with van der Waals surface area (Å²) < 4.78 is 0. The van der Waals surface area contributed by atoms with Crippen molar-refractivity contribution in [3.63, 3.8) is 0 Å². The molecule has 0 saturated heterocycles. The highest BCUT2D eigenvalue weighted by molar-refractivity contribution is 5.85. The highest BCUT2D eigenvalue weighted by atomic mass is 15.2. The van der Waals surface area contributed by atoms with Crippen LogP contribution in [0.4, 0.5) is 22.7 Å². The van der Waals surface area contributed by atoms with Crippen LogP contribution < -0.4 is 9.80 Å². The molecule has 3 aliphatic rings. The largest absolute Gasteiger partial charge is 0.341 e. The standard InChI is InChI=1S/C44H38N2.2C2H6/c1-2-12-35-24-28-40(32-20-25-36(26-21-32)45-30-11-14-34-13-9-10-19-43(34)45)41-29-23-33-22-27-39(31-42(33)44(35)41)46(37-15-5-3-6-16-37)38-17-7-4-8-18-38;2*1-2/h2-10,12-13,15-29,42H,11,14,30-31H2,1H3;2*1-2H3/b12-2-;;. The zero-order valence-corrected chi connectivity index (χ0v) is 30.3. The highest BCUT2D eigenvalue weighted by Gasteiger charge is 2.30. The van der Waals surface area contributed by atoms with Crippen molar-refractivity contribution < 1.29 is 0 Å². The Morgan fingerprint density at radius 3 is 2.02 bits per heavy atom. The van der Waals surface area contributed by atoms with Crippen LogP contribution in [0.3, 0.4) is 0 Å². The van der Waals surface area contributed by atoms with Crippen LogP contribution in [-0.4, -0.2) is 6.54 Å². The van der Waals surface area contributed by atoms with Gasteiger partial charge in [0.25, 0.3) is 0 Å². The number of aryl methyl sites for hydroxylation is 1. The molecule has 0 bridgehead atoms. The van der Waals surface area contributed by atoms with Crippen LogP contribution >= 0.6 is 0 Å². The van der Waals surface area contributed by atoms with Crippen LogP contribution in [0.5, 0.6) is 0 Å². The van der Waals surface area contributed by atoms with Crippen LogP contribution in [0.2, 0.25) is 0 Å². The van der Waals surface area contributed by atoms with E-state index in [9.17, 15) is 0 Å². The molecule has 0 N–H and O–H groups in total. The van der Waals surface area contributed by atoms with Crippen molar-refractivity contribution >= 4 is 34.9 Å². The number of anilines is 4. The van der Waals surface area contributed by atoms with Gasteiger partial charge in [-0.2, -0.15) is 0 Å². The van der Waals surface area contributed by atoms with E-state index >= 15 is 0 Å². The monoisotopic (exact) mass is 654 g/mol. The molecule has 0 aromatic heterocycles. The number of para-hydroxylation sites is 3. The average Bonchev–Trinajstić information content (AvgIpc) is 3.20. The number of hydrogen-bond acceptors (Lipinski definition) is 2. The van der Waals surface area contributed by atoms with Gasteiger partial charge in [0.2, 0.25) is 0 Å². The first-order chi connectivity index (χ1) is 24.8. The third-order valence-corrected chi connectivity index (χ3v) is 9.66. The molecule has 5 aromatic carbocycles. The van der Waals surface area contributed by atoms with E-state index in [0.717, 1.165) is 19.4 Å². The van der Waals surface area contributed by atoms with Gasteiger partial charge in [-0.15, -0.1) is 0 Å². The number of allylic oxidation sites excluding steroid dienone is 6. The molecule has 1 atom stereocenters. The summed E-state index contributed by atoms with van der Waals surface area (Å²) in [6.45, 7) is 11.2. The van der Waals surface area contributed by atoms with Gasteiger partial charge in [-0.25, -0.2) is 0 Å². The first-order valence-electron chi connectivity index (χ1n) is 18.5. The van der Waals surface area contributed by atoms with Crippen LogP contribution in [0.1, 0.15) is 75.6 Å². The third kappa shape index (κ3) is 6.89.